The maximum atomic E-state index is 12.7. The summed E-state index contributed by atoms with van der Waals surface area (Å²) in [4.78, 5) is 3.52. The first kappa shape index (κ1) is 7.76. The molecular formula is C6H4Cl2FN. The van der Waals surface area contributed by atoms with Gasteiger partial charge in [-0.15, -0.1) is 11.6 Å². The molecule has 54 valence electrons. The lowest BCUT2D eigenvalue weighted by Crippen LogP contribution is -1.88. The molecule has 0 spiro atoms. The third-order valence-corrected chi connectivity index (χ3v) is 1.62. The number of pyridine rings is 1. The van der Waals surface area contributed by atoms with E-state index in [1.54, 1.807) is 0 Å². The molecule has 0 bridgehead atoms. The smallest absolute Gasteiger partial charge is 0.165 e. The van der Waals surface area contributed by atoms with E-state index < -0.39 is 5.82 Å². The van der Waals surface area contributed by atoms with Crippen LogP contribution in [0.2, 0.25) is 5.15 Å². The van der Waals surface area contributed by atoms with E-state index in [9.17, 15) is 4.39 Å². The summed E-state index contributed by atoms with van der Waals surface area (Å²) in [5, 5.41) is -0.127. The molecule has 1 nitrogen and oxygen atoms in total. The molecule has 1 aromatic rings. The Hall–Kier alpha value is -0.340. The maximum Gasteiger partial charge on any atom is 0.165 e. The second-order valence-electron chi connectivity index (χ2n) is 1.71. The van der Waals surface area contributed by atoms with Crippen LogP contribution in [0, 0.1) is 5.82 Å². The van der Waals surface area contributed by atoms with Gasteiger partial charge in [-0.3, -0.25) is 0 Å². The molecule has 1 heterocycles. The predicted molar refractivity (Wildman–Crippen MR) is 38.8 cm³/mol. The van der Waals surface area contributed by atoms with Gasteiger partial charge in [-0.25, -0.2) is 9.37 Å². The van der Waals surface area contributed by atoms with Crippen molar-refractivity contribution in [3.8, 4) is 0 Å². The lowest BCUT2D eigenvalue weighted by molar-refractivity contribution is 0.611. The molecule has 0 fully saturated rings. The summed E-state index contributed by atoms with van der Waals surface area (Å²) in [5.74, 6) is -0.409. The topological polar surface area (TPSA) is 12.9 Å². The van der Waals surface area contributed by atoms with E-state index in [1.807, 2.05) is 0 Å². The Morgan fingerprint density at radius 3 is 2.80 bits per heavy atom. The number of hydrogen-bond acceptors (Lipinski definition) is 1. The number of alkyl halides is 1. The number of rotatable bonds is 1. The van der Waals surface area contributed by atoms with Crippen molar-refractivity contribution in [2.75, 3.05) is 0 Å². The second-order valence-corrected chi connectivity index (χ2v) is 2.33. The number of halogens is 3. The minimum Gasteiger partial charge on any atom is -0.242 e. The molecule has 1 rings (SSSR count). The largest absolute Gasteiger partial charge is 0.242 e. The summed E-state index contributed by atoms with van der Waals surface area (Å²) in [6, 6.07) is 1.49. The van der Waals surface area contributed by atoms with Crippen molar-refractivity contribution in [2.24, 2.45) is 0 Å². The van der Waals surface area contributed by atoms with Crippen LogP contribution in [0.15, 0.2) is 12.3 Å². The molecule has 0 unspecified atom stereocenters. The molecule has 4 heteroatoms. The van der Waals surface area contributed by atoms with E-state index in [0.717, 1.165) is 0 Å². The summed E-state index contributed by atoms with van der Waals surface area (Å²) in [6.45, 7) is 0. The number of hydrogen-bond donors (Lipinski definition) is 0. The molecule has 0 aliphatic rings. The molecule has 0 atom stereocenters. The second kappa shape index (κ2) is 3.17. The molecule has 0 saturated heterocycles. The normalized spacial score (nSPS) is 9.90. The first-order valence-electron chi connectivity index (χ1n) is 2.60. The van der Waals surface area contributed by atoms with E-state index in [2.05, 4.69) is 4.98 Å². The van der Waals surface area contributed by atoms with Crippen molar-refractivity contribution in [2.45, 2.75) is 5.88 Å². The zero-order valence-corrected chi connectivity index (χ0v) is 6.45. The predicted octanol–water partition coefficient (Wildman–Crippen LogP) is 2.61. The van der Waals surface area contributed by atoms with Crippen molar-refractivity contribution in [1.82, 2.24) is 4.98 Å². The van der Waals surface area contributed by atoms with E-state index in [1.165, 1.54) is 12.3 Å². The van der Waals surface area contributed by atoms with Crippen LogP contribution in [0.3, 0.4) is 0 Å². The standard InChI is InChI=1S/C6H4Cl2FN/c7-3-4-1-2-10-6(8)5(4)9/h1-2H,3H2. The highest BCUT2D eigenvalue weighted by Crippen LogP contribution is 2.15. The molecule has 0 N–H and O–H groups in total. The van der Waals surface area contributed by atoms with Gasteiger partial charge < -0.3 is 0 Å². The van der Waals surface area contributed by atoms with Crippen LogP contribution in [0.25, 0.3) is 0 Å². The van der Waals surface area contributed by atoms with E-state index >= 15 is 0 Å². The van der Waals surface area contributed by atoms with Crippen LogP contribution in [0.5, 0.6) is 0 Å². The van der Waals surface area contributed by atoms with Crippen molar-refractivity contribution in [3.63, 3.8) is 0 Å². The molecular weight excluding hydrogens is 176 g/mol. The molecule has 0 amide bonds. The van der Waals surface area contributed by atoms with Gasteiger partial charge in [0.05, 0.1) is 5.88 Å². The molecule has 0 radical (unpaired) electrons. The first-order chi connectivity index (χ1) is 4.75. The van der Waals surface area contributed by atoms with E-state index in [4.69, 9.17) is 23.2 Å². The molecule has 10 heavy (non-hydrogen) atoms. The monoisotopic (exact) mass is 179 g/mol. The van der Waals surface area contributed by atoms with Gasteiger partial charge in [-0.1, -0.05) is 11.6 Å². The van der Waals surface area contributed by atoms with Gasteiger partial charge in [0.2, 0.25) is 0 Å². The van der Waals surface area contributed by atoms with Gasteiger partial charge in [0, 0.05) is 11.8 Å². The molecule has 0 aliphatic heterocycles. The molecule has 1 aromatic heterocycles. The van der Waals surface area contributed by atoms with Crippen LogP contribution in [-0.2, 0) is 5.88 Å². The fourth-order valence-corrected chi connectivity index (χ4v) is 0.942. The van der Waals surface area contributed by atoms with Crippen molar-refractivity contribution in [1.29, 1.82) is 0 Å². The summed E-state index contributed by atoms with van der Waals surface area (Å²) < 4.78 is 12.7. The van der Waals surface area contributed by atoms with Gasteiger partial charge in [-0.2, -0.15) is 0 Å². The number of nitrogens with zero attached hydrogens (tertiary/aromatic N) is 1. The van der Waals surface area contributed by atoms with Gasteiger partial charge in [0.25, 0.3) is 0 Å². The summed E-state index contributed by atoms with van der Waals surface area (Å²) >= 11 is 10.7. The lowest BCUT2D eigenvalue weighted by atomic mass is 10.3. The Kier molecular flexibility index (Phi) is 2.46. The average Bonchev–Trinajstić information content (AvgIpc) is 1.95. The minimum absolute atomic E-state index is 0.119. The average molecular weight is 180 g/mol. The SMILES string of the molecule is Fc1c(CCl)ccnc1Cl. The van der Waals surface area contributed by atoms with Crippen molar-refractivity contribution < 1.29 is 4.39 Å². The fraction of sp³-hybridized carbons (Fsp3) is 0.167. The van der Waals surface area contributed by atoms with Crippen LogP contribution >= 0.6 is 23.2 Å². The van der Waals surface area contributed by atoms with E-state index in [0.29, 0.717) is 5.56 Å². The summed E-state index contributed by atoms with van der Waals surface area (Å²) in [7, 11) is 0. The molecule has 0 saturated carbocycles. The van der Waals surface area contributed by atoms with Gasteiger partial charge in [0.15, 0.2) is 11.0 Å². The third-order valence-electron chi connectivity index (χ3n) is 1.07. The zero-order chi connectivity index (χ0) is 7.56. The maximum absolute atomic E-state index is 12.7. The Morgan fingerprint density at radius 2 is 2.30 bits per heavy atom. The molecule has 0 aliphatic carbocycles. The minimum atomic E-state index is -0.529. The van der Waals surface area contributed by atoms with Crippen molar-refractivity contribution in [3.05, 3.63) is 28.8 Å². The Bertz CT molecular complexity index is 239. The van der Waals surface area contributed by atoms with Gasteiger partial charge in [-0.05, 0) is 6.07 Å². The molecule has 0 aromatic carbocycles. The van der Waals surface area contributed by atoms with Gasteiger partial charge in [0.1, 0.15) is 0 Å². The summed E-state index contributed by atoms with van der Waals surface area (Å²) in [6.07, 6.45) is 1.42. The zero-order valence-electron chi connectivity index (χ0n) is 4.94. The van der Waals surface area contributed by atoms with Crippen LogP contribution in [0.1, 0.15) is 5.56 Å². The highest BCUT2D eigenvalue weighted by molar-refractivity contribution is 6.29. The third kappa shape index (κ3) is 1.39. The van der Waals surface area contributed by atoms with Gasteiger partial charge >= 0.3 is 0 Å². The van der Waals surface area contributed by atoms with Crippen molar-refractivity contribution >= 4 is 23.2 Å². The van der Waals surface area contributed by atoms with Crippen LogP contribution in [-0.4, -0.2) is 4.98 Å². The lowest BCUT2D eigenvalue weighted by Gasteiger charge is -1.96. The van der Waals surface area contributed by atoms with E-state index in [-0.39, 0.29) is 11.0 Å². The first-order valence-corrected chi connectivity index (χ1v) is 3.52. The quantitative estimate of drug-likeness (QED) is 0.478. The number of aromatic nitrogens is 1. The van der Waals surface area contributed by atoms with Crippen LogP contribution in [0.4, 0.5) is 4.39 Å². The highest BCUT2D eigenvalue weighted by Gasteiger charge is 2.04. The highest BCUT2D eigenvalue weighted by atomic mass is 35.5. The van der Waals surface area contributed by atoms with Crippen LogP contribution < -0.4 is 0 Å². The fourth-order valence-electron chi connectivity index (χ4n) is 0.558. The Balaban J connectivity index is 3.14. The summed E-state index contributed by atoms with van der Waals surface area (Å²) in [5.41, 5.74) is 0.377. The Morgan fingerprint density at radius 1 is 1.60 bits per heavy atom. The Labute approximate surface area is 67.8 Å².